The summed E-state index contributed by atoms with van der Waals surface area (Å²) in [7, 11) is 6.10. The predicted molar refractivity (Wildman–Crippen MR) is 166 cm³/mol. The molecule has 2 amide bonds. The van der Waals surface area contributed by atoms with Gasteiger partial charge in [-0.15, -0.1) is 0 Å². The summed E-state index contributed by atoms with van der Waals surface area (Å²) in [6.07, 6.45) is 6.92. The fourth-order valence-corrected chi connectivity index (χ4v) is 6.70. The number of hydrogen-bond donors (Lipinski definition) is 2. The highest BCUT2D eigenvalue weighted by molar-refractivity contribution is 6.19. The van der Waals surface area contributed by atoms with Crippen molar-refractivity contribution in [1.82, 2.24) is 29.9 Å². The quantitative estimate of drug-likeness (QED) is 0.261. The Hall–Kier alpha value is -3.85. The molecule has 42 heavy (non-hydrogen) atoms. The molecule has 2 aromatic carbocycles. The molecular formula is C33H42N6O3. The number of nitrogens with zero attached hydrogens (tertiary/aromatic N) is 4. The fraction of sp³-hybridized carbons (Fsp3) is 0.485. The van der Waals surface area contributed by atoms with Crippen molar-refractivity contribution in [3.63, 3.8) is 0 Å². The molecule has 3 heterocycles. The first-order chi connectivity index (χ1) is 20.2. The molecule has 0 radical (unpaired) electrons. The van der Waals surface area contributed by atoms with Gasteiger partial charge in [0.2, 0.25) is 0 Å². The Labute approximate surface area is 247 Å². The fourth-order valence-electron chi connectivity index (χ4n) is 6.70. The summed E-state index contributed by atoms with van der Waals surface area (Å²) in [5.74, 6) is 0.968. The molecule has 0 spiro atoms. The highest BCUT2D eigenvalue weighted by Crippen LogP contribution is 2.47. The van der Waals surface area contributed by atoms with Crippen molar-refractivity contribution in [3.05, 3.63) is 46.8 Å². The highest BCUT2D eigenvalue weighted by Gasteiger charge is 2.35. The number of carbonyl (C=O) groups is 2. The Morgan fingerprint density at radius 2 is 1.98 bits per heavy atom. The van der Waals surface area contributed by atoms with Crippen LogP contribution >= 0.6 is 0 Å². The Bertz CT molecular complexity index is 1680. The minimum absolute atomic E-state index is 0.0181. The molecule has 0 saturated heterocycles. The lowest BCUT2D eigenvalue weighted by atomic mass is 9.82. The van der Waals surface area contributed by atoms with E-state index in [1.165, 1.54) is 11.1 Å². The van der Waals surface area contributed by atoms with E-state index in [1.54, 1.807) is 0 Å². The van der Waals surface area contributed by atoms with Crippen LogP contribution in [0.3, 0.4) is 0 Å². The molecule has 2 aromatic heterocycles. The van der Waals surface area contributed by atoms with Crippen molar-refractivity contribution in [2.24, 2.45) is 13.0 Å². The lowest BCUT2D eigenvalue weighted by Crippen LogP contribution is -2.29. The minimum Gasteiger partial charge on any atom is -0.484 e. The van der Waals surface area contributed by atoms with E-state index >= 15 is 0 Å². The number of aromatic nitrogens is 3. The van der Waals surface area contributed by atoms with Gasteiger partial charge in [0.25, 0.3) is 11.8 Å². The first kappa shape index (κ1) is 28.3. The molecule has 4 aromatic rings. The van der Waals surface area contributed by atoms with Crippen molar-refractivity contribution in [1.29, 1.82) is 0 Å². The van der Waals surface area contributed by atoms with Gasteiger partial charge in [0.15, 0.2) is 6.61 Å². The summed E-state index contributed by atoms with van der Waals surface area (Å²) in [6, 6.07) is 6.12. The predicted octanol–water partition coefficient (Wildman–Crippen LogP) is 4.42. The Balaban J connectivity index is 1.35. The zero-order valence-corrected chi connectivity index (χ0v) is 25.5. The monoisotopic (exact) mass is 570 g/mol. The Kier molecular flexibility index (Phi) is 7.70. The maximum absolute atomic E-state index is 13.3. The van der Waals surface area contributed by atoms with Gasteiger partial charge in [-0.25, -0.2) is 0 Å². The van der Waals surface area contributed by atoms with E-state index in [9.17, 15) is 9.59 Å². The summed E-state index contributed by atoms with van der Waals surface area (Å²) in [4.78, 5) is 28.0. The summed E-state index contributed by atoms with van der Waals surface area (Å²) in [6.45, 7) is 7.54. The van der Waals surface area contributed by atoms with Crippen LogP contribution in [0.1, 0.15) is 60.3 Å². The van der Waals surface area contributed by atoms with Crippen LogP contribution in [-0.4, -0.2) is 64.9 Å². The number of aryl methyl sites for hydroxylation is 3. The van der Waals surface area contributed by atoms with Crippen LogP contribution in [-0.2, 0) is 37.8 Å². The molecule has 1 aliphatic heterocycles. The van der Waals surface area contributed by atoms with Gasteiger partial charge in [0.1, 0.15) is 5.75 Å². The van der Waals surface area contributed by atoms with Crippen LogP contribution in [0.15, 0.2) is 24.4 Å². The average Bonchev–Trinajstić information content (AvgIpc) is 3.61. The number of benzene rings is 2. The van der Waals surface area contributed by atoms with Gasteiger partial charge in [-0.1, -0.05) is 20.3 Å². The number of ether oxygens (including phenoxy) is 1. The number of unbranched alkanes of at least 4 members (excludes halogenated alkanes) is 2. The zero-order chi connectivity index (χ0) is 29.5. The summed E-state index contributed by atoms with van der Waals surface area (Å²) >= 11 is 0. The lowest BCUT2D eigenvalue weighted by Gasteiger charge is -2.22. The van der Waals surface area contributed by atoms with Crippen molar-refractivity contribution in [2.75, 3.05) is 33.8 Å². The van der Waals surface area contributed by atoms with Gasteiger partial charge in [0, 0.05) is 60.3 Å². The van der Waals surface area contributed by atoms with Crippen LogP contribution in [0.4, 0.5) is 0 Å². The van der Waals surface area contributed by atoms with E-state index in [-0.39, 0.29) is 18.4 Å². The number of amides is 2. The molecule has 2 aliphatic rings. The molecule has 2 N–H and O–H groups in total. The van der Waals surface area contributed by atoms with Crippen LogP contribution in [0.2, 0.25) is 0 Å². The SMILES string of the molecule is CC(C)Cn1c2ccc(OCC(=O)NCCCCCN(C)C)cc2c2c3c(c4c(c21)CCc1nn(C)cc1-4)C(=O)NC3. The highest BCUT2D eigenvalue weighted by atomic mass is 16.5. The number of rotatable bonds is 11. The number of fused-ring (bicyclic) bond motifs is 10. The standard InChI is InChI=1S/C33H42N6O3/c1-20(2)17-39-27-12-9-21(42-19-28(40)34-13-7-6-8-14-37(3)4)15-23(27)30-24-16-35-33(41)31(24)29-22(32(30)39)10-11-26-25(29)18-38(5)36-26/h9,12,15,18,20H,6-8,10-11,13-14,16-17,19H2,1-5H3,(H,34,40)(H,35,41). The molecule has 6 rings (SSSR count). The van der Waals surface area contributed by atoms with Crippen molar-refractivity contribution >= 4 is 33.6 Å². The second kappa shape index (κ2) is 11.4. The van der Waals surface area contributed by atoms with Gasteiger partial charge in [0.05, 0.1) is 16.8 Å². The third-order valence-corrected chi connectivity index (χ3v) is 8.44. The molecule has 0 fully saturated rings. The van der Waals surface area contributed by atoms with Gasteiger partial charge < -0.3 is 24.8 Å². The zero-order valence-electron chi connectivity index (χ0n) is 25.5. The molecule has 0 unspecified atom stereocenters. The van der Waals surface area contributed by atoms with E-state index < -0.39 is 0 Å². The van der Waals surface area contributed by atoms with Crippen LogP contribution in [0.25, 0.3) is 32.9 Å². The Morgan fingerprint density at radius 1 is 1.14 bits per heavy atom. The third-order valence-electron chi connectivity index (χ3n) is 8.44. The molecule has 0 bridgehead atoms. The summed E-state index contributed by atoms with van der Waals surface area (Å²) in [5, 5.41) is 13.0. The third kappa shape index (κ3) is 5.15. The van der Waals surface area contributed by atoms with E-state index in [0.29, 0.717) is 24.8 Å². The largest absolute Gasteiger partial charge is 0.484 e. The van der Waals surface area contributed by atoms with E-state index in [0.717, 1.165) is 89.4 Å². The van der Waals surface area contributed by atoms with Crippen LogP contribution < -0.4 is 15.4 Å². The summed E-state index contributed by atoms with van der Waals surface area (Å²) < 4.78 is 10.3. The molecule has 0 saturated carbocycles. The van der Waals surface area contributed by atoms with Crippen molar-refractivity contribution in [3.8, 4) is 16.9 Å². The first-order valence-corrected chi connectivity index (χ1v) is 15.2. The minimum atomic E-state index is -0.109. The molecule has 9 heteroatoms. The maximum atomic E-state index is 13.3. The van der Waals surface area contributed by atoms with E-state index in [4.69, 9.17) is 9.84 Å². The van der Waals surface area contributed by atoms with Crippen molar-refractivity contribution < 1.29 is 14.3 Å². The van der Waals surface area contributed by atoms with Gasteiger partial charge in [-0.3, -0.25) is 14.3 Å². The number of carbonyl (C=O) groups excluding carboxylic acids is 2. The van der Waals surface area contributed by atoms with Crippen LogP contribution in [0.5, 0.6) is 5.75 Å². The van der Waals surface area contributed by atoms with Gasteiger partial charge in [-0.05, 0) is 81.6 Å². The van der Waals surface area contributed by atoms with E-state index in [2.05, 4.69) is 66.4 Å². The number of nitrogens with one attached hydrogen (secondary N) is 2. The Morgan fingerprint density at radius 3 is 2.76 bits per heavy atom. The summed E-state index contributed by atoms with van der Waals surface area (Å²) in [5.41, 5.74) is 8.56. The van der Waals surface area contributed by atoms with Crippen LogP contribution in [0, 0.1) is 5.92 Å². The molecule has 222 valence electrons. The first-order valence-electron chi connectivity index (χ1n) is 15.2. The van der Waals surface area contributed by atoms with Gasteiger partial charge >= 0.3 is 0 Å². The number of hydrogen-bond acceptors (Lipinski definition) is 5. The second-order valence-corrected chi connectivity index (χ2v) is 12.5. The second-order valence-electron chi connectivity index (χ2n) is 12.5. The normalized spacial score (nSPS) is 14.0. The lowest BCUT2D eigenvalue weighted by molar-refractivity contribution is -0.123. The van der Waals surface area contributed by atoms with Gasteiger partial charge in [-0.2, -0.15) is 5.10 Å². The molecule has 0 atom stereocenters. The average molecular weight is 571 g/mol. The van der Waals surface area contributed by atoms with Crippen molar-refractivity contribution in [2.45, 2.75) is 59.0 Å². The molecule has 9 nitrogen and oxygen atoms in total. The topological polar surface area (TPSA) is 93.4 Å². The molecule has 1 aliphatic carbocycles. The maximum Gasteiger partial charge on any atom is 0.257 e. The smallest absolute Gasteiger partial charge is 0.257 e. The van der Waals surface area contributed by atoms with E-state index in [1.807, 2.05) is 17.8 Å². The molecular weight excluding hydrogens is 528 g/mol.